The first-order chi connectivity index (χ1) is 12.5. The number of hydrogen-bond acceptors (Lipinski definition) is 5. The first kappa shape index (κ1) is 17.9. The molecule has 1 atom stereocenters. The minimum atomic E-state index is -0.831. The number of halogens is 1. The Kier molecular flexibility index (Phi) is 5.19. The first-order valence-electron chi connectivity index (χ1n) is 7.87. The quantitative estimate of drug-likeness (QED) is 0.580. The summed E-state index contributed by atoms with van der Waals surface area (Å²) in [6.07, 6.45) is -0.831. The molecule has 0 saturated carbocycles. The van der Waals surface area contributed by atoms with Gasteiger partial charge in [-0.05, 0) is 55.5 Å². The zero-order valence-electron chi connectivity index (χ0n) is 14.2. The minimum Gasteiger partial charge on any atom is -0.497 e. The number of carbonyl (C=O) groups excluding carboxylic acids is 1. The van der Waals surface area contributed by atoms with Crippen molar-refractivity contribution in [3.05, 3.63) is 58.6 Å². The van der Waals surface area contributed by atoms with Gasteiger partial charge in [0.15, 0.2) is 6.10 Å². The van der Waals surface area contributed by atoms with E-state index in [0.29, 0.717) is 22.2 Å². The number of nitrogens with zero attached hydrogens (tertiary/aromatic N) is 2. The lowest BCUT2D eigenvalue weighted by Gasteiger charge is -2.11. The van der Waals surface area contributed by atoms with E-state index in [1.54, 1.807) is 13.2 Å². The highest BCUT2D eigenvalue weighted by atomic mass is 79.9. The van der Waals surface area contributed by atoms with Gasteiger partial charge in [-0.3, -0.25) is 0 Å². The van der Waals surface area contributed by atoms with Gasteiger partial charge < -0.3 is 9.47 Å². The topological polar surface area (TPSA) is 72.2 Å². The maximum absolute atomic E-state index is 12.6. The number of benzene rings is 2. The summed E-state index contributed by atoms with van der Waals surface area (Å²) in [5.74, 6) is 0.181. The molecule has 0 unspecified atom stereocenters. The van der Waals surface area contributed by atoms with Crippen molar-refractivity contribution in [2.24, 2.45) is 0 Å². The van der Waals surface area contributed by atoms with Crippen LogP contribution in [0.25, 0.3) is 22.2 Å². The van der Waals surface area contributed by atoms with Crippen molar-refractivity contribution in [1.29, 1.82) is 5.26 Å². The van der Waals surface area contributed by atoms with E-state index in [-0.39, 0.29) is 0 Å². The van der Waals surface area contributed by atoms with Crippen molar-refractivity contribution >= 4 is 32.8 Å². The fourth-order valence-electron chi connectivity index (χ4n) is 2.53. The lowest BCUT2D eigenvalue weighted by Crippen LogP contribution is -2.14. The summed E-state index contributed by atoms with van der Waals surface area (Å²) in [6, 6.07) is 16.5. The van der Waals surface area contributed by atoms with Crippen LogP contribution in [0.4, 0.5) is 0 Å². The second-order valence-corrected chi connectivity index (χ2v) is 6.54. The molecule has 0 aliphatic heterocycles. The van der Waals surface area contributed by atoms with Crippen LogP contribution in [0.1, 0.15) is 17.3 Å². The van der Waals surface area contributed by atoms with Crippen LogP contribution >= 0.6 is 15.9 Å². The molecule has 0 amide bonds. The molecule has 0 aliphatic rings. The lowest BCUT2D eigenvalue weighted by atomic mass is 10.0. The van der Waals surface area contributed by atoms with Crippen molar-refractivity contribution in [3.63, 3.8) is 0 Å². The van der Waals surface area contributed by atoms with Gasteiger partial charge >= 0.3 is 5.97 Å². The van der Waals surface area contributed by atoms with Crippen molar-refractivity contribution in [3.8, 4) is 23.1 Å². The molecular formula is C20H15BrN2O3. The van der Waals surface area contributed by atoms with Crippen LogP contribution in [0.5, 0.6) is 5.75 Å². The van der Waals surface area contributed by atoms with Crippen molar-refractivity contribution in [1.82, 2.24) is 4.98 Å². The van der Waals surface area contributed by atoms with Gasteiger partial charge in [0.2, 0.25) is 0 Å². The van der Waals surface area contributed by atoms with E-state index in [9.17, 15) is 4.79 Å². The zero-order valence-corrected chi connectivity index (χ0v) is 15.8. The zero-order chi connectivity index (χ0) is 18.7. The number of esters is 1. The van der Waals surface area contributed by atoms with Gasteiger partial charge in [0, 0.05) is 15.4 Å². The number of ether oxygens (including phenoxy) is 2. The second kappa shape index (κ2) is 7.54. The van der Waals surface area contributed by atoms with Gasteiger partial charge in [-0.25, -0.2) is 9.78 Å². The predicted molar refractivity (Wildman–Crippen MR) is 102 cm³/mol. The van der Waals surface area contributed by atoms with Crippen LogP contribution in [0.2, 0.25) is 0 Å². The van der Waals surface area contributed by atoms with E-state index >= 15 is 0 Å². The Morgan fingerprint density at radius 2 is 1.92 bits per heavy atom. The monoisotopic (exact) mass is 410 g/mol. The number of rotatable bonds is 4. The molecule has 1 heterocycles. The van der Waals surface area contributed by atoms with Gasteiger partial charge in [-0.15, -0.1) is 0 Å². The molecule has 0 saturated heterocycles. The van der Waals surface area contributed by atoms with E-state index < -0.39 is 12.1 Å². The normalized spacial score (nSPS) is 11.6. The third kappa shape index (κ3) is 3.68. The van der Waals surface area contributed by atoms with Crippen LogP contribution in [0.15, 0.2) is 53.0 Å². The molecule has 1 aromatic heterocycles. The van der Waals surface area contributed by atoms with E-state index in [1.807, 2.05) is 48.5 Å². The molecule has 0 fully saturated rings. The number of methoxy groups -OCH3 is 1. The highest BCUT2D eigenvalue weighted by molar-refractivity contribution is 9.10. The van der Waals surface area contributed by atoms with Gasteiger partial charge in [-0.2, -0.15) is 5.26 Å². The fraction of sp³-hybridized carbons (Fsp3) is 0.150. The van der Waals surface area contributed by atoms with Crippen molar-refractivity contribution in [2.75, 3.05) is 7.11 Å². The van der Waals surface area contributed by atoms with Crippen molar-refractivity contribution in [2.45, 2.75) is 13.0 Å². The van der Waals surface area contributed by atoms with Gasteiger partial charge in [-0.1, -0.05) is 15.9 Å². The fourth-order valence-corrected chi connectivity index (χ4v) is 2.89. The Bertz CT molecular complexity index is 1010. The van der Waals surface area contributed by atoms with Gasteiger partial charge in [0.25, 0.3) is 0 Å². The summed E-state index contributed by atoms with van der Waals surface area (Å²) >= 11 is 3.41. The molecule has 130 valence electrons. The molecule has 26 heavy (non-hydrogen) atoms. The largest absolute Gasteiger partial charge is 0.497 e. The Labute approximate surface area is 159 Å². The highest BCUT2D eigenvalue weighted by Gasteiger charge is 2.18. The summed E-state index contributed by atoms with van der Waals surface area (Å²) < 4.78 is 11.2. The van der Waals surface area contributed by atoms with E-state index in [1.165, 1.54) is 6.92 Å². The van der Waals surface area contributed by atoms with Crippen LogP contribution < -0.4 is 4.74 Å². The van der Waals surface area contributed by atoms with Crippen LogP contribution in [0.3, 0.4) is 0 Å². The number of fused-ring (bicyclic) bond motifs is 1. The summed E-state index contributed by atoms with van der Waals surface area (Å²) in [7, 11) is 1.60. The Balaban J connectivity index is 2.15. The summed E-state index contributed by atoms with van der Waals surface area (Å²) in [5, 5.41) is 9.57. The van der Waals surface area contributed by atoms with Crippen LogP contribution in [0, 0.1) is 11.3 Å². The van der Waals surface area contributed by atoms with Crippen LogP contribution in [-0.4, -0.2) is 24.2 Å². The molecule has 5 nitrogen and oxygen atoms in total. The minimum absolute atomic E-state index is 0.365. The summed E-state index contributed by atoms with van der Waals surface area (Å²) in [6.45, 7) is 1.53. The Morgan fingerprint density at radius 3 is 2.58 bits per heavy atom. The second-order valence-electron chi connectivity index (χ2n) is 5.62. The third-order valence-electron chi connectivity index (χ3n) is 3.84. The van der Waals surface area contributed by atoms with Gasteiger partial charge in [0.05, 0.1) is 23.9 Å². The van der Waals surface area contributed by atoms with E-state index in [4.69, 9.17) is 14.7 Å². The molecule has 0 radical (unpaired) electrons. The molecule has 2 aromatic carbocycles. The molecule has 0 aliphatic carbocycles. The average molecular weight is 411 g/mol. The maximum Gasteiger partial charge on any atom is 0.340 e. The average Bonchev–Trinajstić information content (AvgIpc) is 2.67. The molecule has 6 heteroatoms. The summed E-state index contributed by atoms with van der Waals surface area (Å²) in [4.78, 5) is 17.2. The van der Waals surface area contributed by atoms with Gasteiger partial charge in [0.1, 0.15) is 11.8 Å². The summed E-state index contributed by atoms with van der Waals surface area (Å²) in [5.41, 5.74) is 2.51. The Morgan fingerprint density at radius 1 is 1.19 bits per heavy atom. The molecule has 0 spiro atoms. The molecule has 3 aromatic rings. The standard InChI is InChI=1S/C20H15BrN2O3/c1-12(11-22)26-20(24)17-10-19(13-3-6-15(25-2)7-4-13)23-18-8-5-14(21)9-16(17)18/h3-10,12H,1-2H3/t12-/m1/s1. The molecular weight excluding hydrogens is 396 g/mol. The maximum atomic E-state index is 12.6. The Hall–Kier alpha value is -2.91. The number of pyridine rings is 1. The smallest absolute Gasteiger partial charge is 0.340 e. The first-order valence-corrected chi connectivity index (χ1v) is 8.66. The predicted octanol–water partition coefficient (Wildman–Crippen LogP) is 4.74. The van der Waals surface area contributed by atoms with E-state index in [0.717, 1.165) is 15.8 Å². The number of aromatic nitrogens is 1. The molecule has 3 rings (SSSR count). The third-order valence-corrected chi connectivity index (χ3v) is 4.34. The number of hydrogen-bond donors (Lipinski definition) is 0. The lowest BCUT2D eigenvalue weighted by molar-refractivity contribution is 0.0438. The van der Waals surface area contributed by atoms with Crippen LogP contribution in [-0.2, 0) is 4.74 Å². The number of carbonyl (C=O) groups is 1. The van der Waals surface area contributed by atoms with Crippen molar-refractivity contribution < 1.29 is 14.3 Å². The number of nitriles is 1. The molecule has 0 bridgehead atoms. The highest BCUT2D eigenvalue weighted by Crippen LogP contribution is 2.28. The van der Waals surface area contributed by atoms with E-state index in [2.05, 4.69) is 20.9 Å². The molecule has 0 N–H and O–H groups in total. The SMILES string of the molecule is COc1ccc(-c2cc(C(=O)O[C@H](C)C#N)c3cc(Br)ccc3n2)cc1.